The Balaban J connectivity index is 1.97. The van der Waals surface area contributed by atoms with Crippen LogP contribution in [0.4, 0.5) is 0 Å². The summed E-state index contributed by atoms with van der Waals surface area (Å²) < 4.78 is 6.93. The number of carbonyl (C=O) groups is 1. The van der Waals surface area contributed by atoms with E-state index in [0.717, 1.165) is 35.5 Å². The van der Waals surface area contributed by atoms with E-state index < -0.39 is 5.97 Å². The molecule has 0 unspecified atom stereocenters. The molecule has 3 rings (SSSR count). The van der Waals surface area contributed by atoms with Crippen LogP contribution in [0.15, 0.2) is 30.3 Å². The molecule has 0 saturated heterocycles. The van der Waals surface area contributed by atoms with Crippen LogP contribution in [0.2, 0.25) is 0 Å². The lowest BCUT2D eigenvalue weighted by Crippen LogP contribution is -2.16. The topological polar surface area (TPSA) is 64.3 Å². The Morgan fingerprint density at radius 3 is 2.78 bits per heavy atom. The Labute approximate surface area is 135 Å². The van der Waals surface area contributed by atoms with Crippen LogP contribution in [0.25, 0.3) is 11.3 Å². The van der Waals surface area contributed by atoms with Gasteiger partial charge in [-0.1, -0.05) is 31.4 Å². The third-order valence-corrected chi connectivity index (χ3v) is 4.49. The Morgan fingerprint density at radius 1 is 1.30 bits per heavy atom. The Morgan fingerprint density at radius 2 is 2.09 bits per heavy atom. The summed E-state index contributed by atoms with van der Waals surface area (Å²) in [5, 5.41) is 13.7. The Bertz CT molecular complexity index is 687. The zero-order valence-corrected chi connectivity index (χ0v) is 13.4. The number of ether oxygens (including phenoxy) is 1. The minimum absolute atomic E-state index is 0.0875. The highest BCUT2D eigenvalue weighted by molar-refractivity contribution is 5.67. The summed E-state index contributed by atoms with van der Waals surface area (Å²) in [6.07, 6.45) is 5.91. The smallest absolute Gasteiger partial charge is 0.325 e. The van der Waals surface area contributed by atoms with Crippen molar-refractivity contribution in [2.24, 2.45) is 0 Å². The SMILES string of the molecule is COc1cccc(-c2cc(C3CCCCC3)n(CC(=O)O)n2)c1. The summed E-state index contributed by atoms with van der Waals surface area (Å²) in [4.78, 5) is 11.2. The van der Waals surface area contributed by atoms with E-state index in [1.807, 2.05) is 30.3 Å². The summed E-state index contributed by atoms with van der Waals surface area (Å²) >= 11 is 0. The first-order valence-corrected chi connectivity index (χ1v) is 8.11. The normalized spacial score (nSPS) is 15.5. The molecule has 0 radical (unpaired) electrons. The van der Waals surface area contributed by atoms with Crippen LogP contribution < -0.4 is 4.74 Å². The highest BCUT2D eigenvalue weighted by Crippen LogP contribution is 2.35. The predicted octanol–water partition coefficient (Wildman–Crippen LogP) is 3.69. The molecular formula is C18H22N2O3. The third kappa shape index (κ3) is 3.55. The minimum atomic E-state index is -0.859. The van der Waals surface area contributed by atoms with E-state index in [4.69, 9.17) is 4.74 Å². The minimum Gasteiger partial charge on any atom is -0.497 e. The number of carboxylic acid groups (broad SMARTS) is 1. The number of aromatic nitrogens is 2. The number of carboxylic acids is 1. The number of rotatable bonds is 5. The summed E-state index contributed by atoms with van der Waals surface area (Å²) in [5.74, 6) is 0.326. The average Bonchev–Trinajstić information content (AvgIpc) is 2.99. The van der Waals surface area contributed by atoms with Crippen LogP contribution in [0, 0.1) is 0 Å². The van der Waals surface area contributed by atoms with Crippen LogP contribution in [0.3, 0.4) is 0 Å². The Hall–Kier alpha value is -2.30. The number of aliphatic carboxylic acids is 1. The molecule has 1 aliphatic carbocycles. The molecule has 0 amide bonds. The number of benzene rings is 1. The zero-order valence-electron chi connectivity index (χ0n) is 13.4. The molecule has 0 aliphatic heterocycles. The molecule has 0 spiro atoms. The van der Waals surface area contributed by atoms with Crippen molar-refractivity contribution in [1.29, 1.82) is 0 Å². The summed E-state index contributed by atoms with van der Waals surface area (Å²) in [7, 11) is 1.63. The molecule has 5 heteroatoms. The molecule has 1 aliphatic rings. The van der Waals surface area contributed by atoms with Crippen molar-refractivity contribution in [3.05, 3.63) is 36.0 Å². The van der Waals surface area contributed by atoms with Crippen LogP contribution in [-0.2, 0) is 11.3 Å². The van der Waals surface area contributed by atoms with E-state index in [9.17, 15) is 9.90 Å². The molecule has 0 bridgehead atoms. The van der Waals surface area contributed by atoms with Crippen molar-refractivity contribution >= 4 is 5.97 Å². The molecule has 1 aromatic heterocycles. The van der Waals surface area contributed by atoms with Gasteiger partial charge in [-0.15, -0.1) is 0 Å². The second-order valence-corrected chi connectivity index (χ2v) is 6.07. The van der Waals surface area contributed by atoms with E-state index in [-0.39, 0.29) is 6.54 Å². The number of hydrogen-bond donors (Lipinski definition) is 1. The van der Waals surface area contributed by atoms with Crippen molar-refractivity contribution in [3.8, 4) is 17.0 Å². The van der Waals surface area contributed by atoms with Gasteiger partial charge in [0.1, 0.15) is 12.3 Å². The molecule has 122 valence electrons. The maximum Gasteiger partial charge on any atom is 0.325 e. The van der Waals surface area contributed by atoms with Gasteiger partial charge in [0.15, 0.2) is 0 Å². The molecule has 1 aromatic carbocycles. The monoisotopic (exact) mass is 314 g/mol. The standard InChI is InChI=1S/C18H22N2O3/c1-23-15-9-5-8-14(10-15)16-11-17(13-6-3-2-4-7-13)20(19-16)12-18(21)22/h5,8-11,13H,2-4,6-7,12H2,1H3,(H,21,22). The predicted molar refractivity (Wildman–Crippen MR) is 87.7 cm³/mol. The molecule has 23 heavy (non-hydrogen) atoms. The molecule has 0 atom stereocenters. The van der Waals surface area contributed by atoms with Crippen LogP contribution >= 0.6 is 0 Å². The largest absolute Gasteiger partial charge is 0.497 e. The van der Waals surface area contributed by atoms with Crippen molar-refractivity contribution in [3.63, 3.8) is 0 Å². The highest BCUT2D eigenvalue weighted by atomic mass is 16.5. The van der Waals surface area contributed by atoms with Crippen LogP contribution in [0.5, 0.6) is 5.75 Å². The van der Waals surface area contributed by atoms with E-state index in [2.05, 4.69) is 5.10 Å². The summed E-state index contributed by atoms with van der Waals surface area (Å²) in [6.45, 7) is -0.0875. The maximum absolute atomic E-state index is 11.2. The maximum atomic E-state index is 11.2. The third-order valence-electron chi connectivity index (χ3n) is 4.49. The average molecular weight is 314 g/mol. The second kappa shape index (κ2) is 6.86. The van der Waals surface area contributed by atoms with Crippen LogP contribution in [-0.4, -0.2) is 28.0 Å². The molecular weight excluding hydrogens is 292 g/mol. The number of methoxy groups -OCH3 is 1. The van der Waals surface area contributed by atoms with Crippen molar-refractivity contribution in [1.82, 2.24) is 9.78 Å². The van der Waals surface area contributed by atoms with E-state index in [0.29, 0.717) is 5.92 Å². The molecule has 5 nitrogen and oxygen atoms in total. The first-order valence-electron chi connectivity index (χ1n) is 8.11. The van der Waals surface area contributed by atoms with E-state index in [1.54, 1.807) is 11.8 Å². The Kier molecular flexibility index (Phi) is 4.65. The fourth-order valence-electron chi connectivity index (χ4n) is 3.34. The number of hydrogen-bond acceptors (Lipinski definition) is 3. The molecule has 1 fully saturated rings. The lowest BCUT2D eigenvalue weighted by atomic mass is 9.86. The van der Waals surface area contributed by atoms with Gasteiger partial charge in [-0.25, -0.2) is 0 Å². The van der Waals surface area contributed by atoms with Gasteiger partial charge in [-0.2, -0.15) is 5.10 Å². The molecule has 1 heterocycles. The van der Waals surface area contributed by atoms with Gasteiger partial charge in [-0.3, -0.25) is 9.48 Å². The van der Waals surface area contributed by atoms with Gasteiger partial charge in [-0.05, 0) is 31.0 Å². The lowest BCUT2D eigenvalue weighted by molar-refractivity contribution is -0.137. The molecule has 2 aromatic rings. The quantitative estimate of drug-likeness (QED) is 0.914. The van der Waals surface area contributed by atoms with Crippen molar-refractivity contribution in [2.75, 3.05) is 7.11 Å². The lowest BCUT2D eigenvalue weighted by Gasteiger charge is -2.22. The van der Waals surface area contributed by atoms with Gasteiger partial charge >= 0.3 is 5.97 Å². The van der Waals surface area contributed by atoms with Gasteiger partial charge in [0.2, 0.25) is 0 Å². The summed E-state index contributed by atoms with van der Waals surface area (Å²) in [6, 6.07) is 9.76. The van der Waals surface area contributed by atoms with Gasteiger partial charge in [0.25, 0.3) is 0 Å². The first kappa shape index (κ1) is 15.6. The van der Waals surface area contributed by atoms with Gasteiger partial charge in [0, 0.05) is 17.2 Å². The fraction of sp³-hybridized carbons (Fsp3) is 0.444. The molecule has 1 saturated carbocycles. The van der Waals surface area contributed by atoms with E-state index >= 15 is 0 Å². The second-order valence-electron chi connectivity index (χ2n) is 6.07. The van der Waals surface area contributed by atoms with Gasteiger partial charge < -0.3 is 9.84 Å². The zero-order chi connectivity index (χ0) is 16.2. The summed E-state index contributed by atoms with van der Waals surface area (Å²) in [5.41, 5.74) is 2.81. The van der Waals surface area contributed by atoms with E-state index in [1.165, 1.54) is 19.3 Å². The molecule has 1 N–H and O–H groups in total. The van der Waals surface area contributed by atoms with Crippen LogP contribution in [0.1, 0.15) is 43.7 Å². The van der Waals surface area contributed by atoms with Crippen molar-refractivity contribution in [2.45, 2.75) is 44.6 Å². The highest BCUT2D eigenvalue weighted by Gasteiger charge is 2.22. The fourth-order valence-corrected chi connectivity index (χ4v) is 3.34. The van der Waals surface area contributed by atoms with Crippen molar-refractivity contribution < 1.29 is 14.6 Å². The number of nitrogens with zero attached hydrogens (tertiary/aromatic N) is 2. The van der Waals surface area contributed by atoms with Gasteiger partial charge in [0.05, 0.1) is 12.8 Å². The first-order chi connectivity index (χ1) is 11.2.